The molecule has 8 nitrogen and oxygen atoms in total. The highest BCUT2D eigenvalue weighted by Crippen LogP contribution is 2.52. The highest BCUT2D eigenvalue weighted by Gasteiger charge is 2.60. The van der Waals surface area contributed by atoms with E-state index in [0.29, 0.717) is 31.4 Å². The summed E-state index contributed by atoms with van der Waals surface area (Å²) in [5, 5.41) is 10.9. The minimum atomic E-state index is -1.01. The van der Waals surface area contributed by atoms with E-state index in [4.69, 9.17) is 9.47 Å². The van der Waals surface area contributed by atoms with Crippen molar-refractivity contribution in [3.63, 3.8) is 0 Å². The standard InChI is InChI=1S/C36H51N3O5/c1-22(2)26-15-8-9-16-27(26)30-31(38(6)21-25-19-24(23-13-12-14-23)20-37-33(25)43-7)29(36(3,4)5)32(35(41)42)39(30)34(40)28-17-10-11-18-44-28/h8-9,15-16,19-20,22-23,28-32H,10-14,17-18,21H2,1-7H3,(H,41,42)/t28-,29-,30-,31-,32-/m0/s1. The van der Waals surface area contributed by atoms with E-state index in [1.54, 1.807) is 12.0 Å². The maximum absolute atomic E-state index is 14.5. The van der Waals surface area contributed by atoms with Gasteiger partial charge in [0.05, 0.1) is 13.2 Å². The summed E-state index contributed by atoms with van der Waals surface area (Å²) >= 11 is 0. The molecule has 0 bridgehead atoms. The van der Waals surface area contributed by atoms with Crippen molar-refractivity contribution in [3.05, 3.63) is 58.8 Å². The number of aromatic nitrogens is 1. The van der Waals surface area contributed by atoms with Crippen molar-refractivity contribution in [1.82, 2.24) is 14.8 Å². The van der Waals surface area contributed by atoms with Gasteiger partial charge in [-0.2, -0.15) is 0 Å². The van der Waals surface area contributed by atoms with Gasteiger partial charge in [0.25, 0.3) is 5.91 Å². The molecule has 0 radical (unpaired) electrons. The minimum Gasteiger partial charge on any atom is -0.481 e. The number of hydrogen-bond donors (Lipinski definition) is 1. The minimum absolute atomic E-state index is 0.195. The molecule has 3 aliphatic rings. The number of rotatable bonds is 9. The molecule has 1 aliphatic carbocycles. The largest absolute Gasteiger partial charge is 0.481 e. The maximum atomic E-state index is 14.5. The van der Waals surface area contributed by atoms with Crippen molar-refractivity contribution >= 4 is 11.9 Å². The number of hydrogen-bond acceptors (Lipinski definition) is 6. The Hall–Kier alpha value is -2.97. The summed E-state index contributed by atoms with van der Waals surface area (Å²) in [6.45, 7) is 11.6. The fourth-order valence-corrected chi connectivity index (χ4v) is 7.84. The van der Waals surface area contributed by atoms with Gasteiger partial charge in [-0.1, -0.05) is 65.3 Å². The van der Waals surface area contributed by atoms with Crippen LogP contribution < -0.4 is 4.74 Å². The van der Waals surface area contributed by atoms with Crippen molar-refractivity contribution in [1.29, 1.82) is 0 Å². The molecule has 2 aliphatic heterocycles. The number of likely N-dealkylation sites (N-methyl/N-ethyl adjacent to an activating group) is 1. The molecule has 1 aromatic heterocycles. The first-order valence-electron chi connectivity index (χ1n) is 16.4. The predicted octanol–water partition coefficient (Wildman–Crippen LogP) is 6.55. The molecule has 1 amide bonds. The van der Waals surface area contributed by atoms with Crippen molar-refractivity contribution in [2.75, 3.05) is 20.8 Å². The van der Waals surface area contributed by atoms with Gasteiger partial charge in [0, 0.05) is 36.9 Å². The fourth-order valence-electron chi connectivity index (χ4n) is 7.84. The molecule has 5 rings (SSSR count). The van der Waals surface area contributed by atoms with Gasteiger partial charge in [0.2, 0.25) is 5.88 Å². The number of carbonyl (C=O) groups excluding carboxylic acids is 1. The molecule has 2 saturated heterocycles. The van der Waals surface area contributed by atoms with Crippen molar-refractivity contribution in [2.45, 2.75) is 116 Å². The van der Waals surface area contributed by atoms with E-state index < -0.39 is 29.6 Å². The molecular weight excluding hydrogens is 554 g/mol. The van der Waals surface area contributed by atoms with E-state index in [1.807, 2.05) is 18.3 Å². The Morgan fingerprint density at radius 1 is 1.14 bits per heavy atom. The summed E-state index contributed by atoms with van der Waals surface area (Å²) in [5.74, 6) is -0.239. The van der Waals surface area contributed by atoms with E-state index in [9.17, 15) is 14.7 Å². The van der Waals surface area contributed by atoms with Gasteiger partial charge in [-0.3, -0.25) is 9.69 Å². The zero-order valence-corrected chi connectivity index (χ0v) is 27.6. The van der Waals surface area contributed by atoms with E-state index in [1.165, 1.54) is 24.8 Å². The molecule has 240 valence electrons. The number of methoxy groups -OCH3 is 1. The topological polar surface area (TPSA) is 92.2 Å². The number of nitrogens with zero attached hydrogens (tertiary/aromatic N) is 3. The van der Waals surface area contributed by atoms with E-state index in [2.05, 4.69) is 69.7 Å². The lowest BCUT2D eigenvalue weighted by molar-refractivity contribution is -0.159. The van der Waals surface area contributed by atoms with Gasteiger partial charge in [-0.25, -0.2) is 9.78 Å². The van der Waals surface area contributed by atoms with Gasteiger partial charge >= 0.3 is 5.97 Å². The molecule has 5 atom stereocenters. The summed E-state index contributed by atoms with van der Waals surface area (Å²) in [7, 11) is 3.71. The zero-order chi connectivity index (χ0) is 31.8. The number of likely N-dealkylation sites (tertiary alicyclic amines) is 1. The molecule has 44 heavy (non-hydrogen) atoms. The molecule has 0 spiro atoms. The molecule has 3 fully saturated rings. The number of benzene rings is 1. The van der Waals surface area contributed by atoms with Crippen molar-refractivity contribution in [2.24, 2.45) is 11.3 Å². The maximum Gasteiger partial charge on any atom is 0.326 e. The lowest BCUT2D eigenvalue weighted by Gasteiger charge is -2.40. The van der Waals surface area contributed by atoms with E-state index in [0.717, 1.165) is 29.5 Å². The van der Waals surface area contributed by atoms with Crippen LogP contribution in [0.1, 0.15) is 113 Å². The van der Waals surface area contributed by atoms with Crippen LogP contribution in [0.3, 0.4) is 0 Å². The van der Waals surface area contributed by atoms with Crippen LogP contribution in [-0.4, -0.2) is 70.7 Å². The summed E-state index contributed by atoms with van der Waals surface area (Å²) < 4.78 is 11.8. The van der Waals surface area contributed by atoms with Crippen LogP contribution in [-0.2, 0) is 20.9 Å². The van der Waals surface area contributed by atoms with Gasteiger partial charge in [-0.05, 0) is 79.2 Å². The Labute approximate surface area is 263 Å². The van der Waals surface area contributed by atoms with Crippen LogP contribution >= 0.6 is 0 Å². The van der Waals surface area contributed by atoms with Gasteiger partial charge in [0.1, 0.15) is 12.1 Å². The third-order valence-electron chi connectivity index (χ3n) is 10.2. The Kier molecular flexibility index (Phi) is 9.71. The first-order valence-corrected chi connectivity index (χ1v) is 16.4. The molecule has 8 heteroatoms. The third-order valence-corrected chi connectivity index (χ3v) is 10.2. The first kappa shape index (κ1) is 32.4. The summed E-state index contributed by atoms with van der Waals surface area (Å²) in [6, 6.07) is 8.69. The van der Waals surface area contributed by atoms with Crippen LogP contribution in [0.4, 0.5) is 0 Å². The van der Waals surface area contributed by atoms with Crippen molar-refractivity contribution in [3.8, 4) is 5.88 Å². The molecule has 1 aromatic carbocycles. The van der Waals surface area contributed by atoms with Crippen LogP contribution in [0.2, 0.25) is 0 Å². The second-order valence-corrected chi connectivity index (χ2v) is 14.5. The Morgan fingerprint density at radius 2 is 1.86 bits per heavy atom. The quantitative estimate of drug-likeness (QED) is 0.347. The second kappa shape index (κ2) is 13.2. The van der Waals surface area contributed by atoms with Crippen LogP contribution in [0.15, 0.2) is 36.5 Å². The lowest BCUT2D eigenvalue weighted by Crippen LogP contribution is -2.51. The number of ether oxygens (including phenoxy) is 2. The number of aliphatic carboxylic acids is 1. The van der Waals surface area contributed by atoms with Crippen LogP contribution in [0, 0.1) is 11.3 Å². The lowest BCUT2D eigenvalue weighted by atomic mass is 9.71. The Balaban J connectivity index is 1.66. The summed E-state index contributed by atoms with van der Waals surface area (Å²) in [6.07, 6.45) is 7.31. The summed E-state index contributed by atoms with van der Waals surface area (Å²) in [4.78, 5) is 36.5. The van der Waals surface area contributed by atoms with Gasteiger partial charge in [-0.15, -0.1) is 0 Å². The molecule has 2 aromatic rings. The van der Waals surface area contributed by atoms with E-state index >= 15 is 0 Å². The van der Waals surface area contributed by atoms with Gasteiger partial charge in [0.15, 0.2) is 0 Å². The SMILES string of the molecule is COc1ncc(C2CCC2)cc1CN(C)[C@H]1[C@H](C(C)(C)C)[C@@H](C(=O)O)N(C(=O)[C@@H]2CCCCO2)[C@H]1c1ccccc1C(C)C. The van der Waals surface area contributed by atoms with E-state index in [-0.39, 0.29) is 23.8 Å². The normalized spacial score (nSPS) is 26.2. The summed E-state index contributed by atoms with van der Waals surface area (Å²) in [5.41, 5.74) is 3.93. The van der Waals surface area contributed by atoms with Gasteiger partial charge < -0.3 is 19.5 Å². The first-order chi connectivity index (χ1) is 20.9. The highest BCUT2D eigenvalue weighted by molar-refractivity contribution is 5.88. The number of pyridine rings is 1. The van der Waals surface area contributed by atoms with Crippen LogP contribution in [0.25, 0.3) is 0 Å². The molecular formula is C36H51N3O5. The van der Waals surface area contributed by atoms with Crippen LogP contribution in [0.5, 0.6) is 5.88 Å². The monoisotopic (exact) mass is 605 g/mol. The molecule has 0 unspecified atom stereocenters. The average molecular weight is 606 g/mol. The number of amides is 1. The predicted molar refractivity (Wildman–Crippen MR) is 171 cm³/mol. The highest BCUT2D eigenvalue weighted by atomic mass is 16.5. The average Bonchev–Trinajstić information content (AvgIpc) is 3.34. The number of carboxylic acid groups (broad SMARTS) is 1. The molecule has 3 heterocycles. The zero-order valence-electron chi connectivity index (χ0n) is 27.6. The third kappa shape index (κ3) is 6.25. The molecule has 1 saturated carbocycles. The fraction of sp³-hybridized carbons (Fsp3) is 0.639. The van der Waals surface area contributed by atoms with Crippen molar-refractivity contribution < 1.29 is 24.2 Å². The molecule has 1 N–H and O–H groups in total. The smallest absolute Gasteiger partial charge is 0.326 e. The number of carbonyl (C=O) groups is 2. The Morgan fingerprint density at radius 3 is 2.43 bits per heavy atom. The number of carboxylic acids is 1. The second-order valence-electron chi connectivity index (χ2n) is 14.5. The Bertz CT molecular complexity index is 1330.